The number of hydrogen-bond acceptors (Lipinski definition) is 4. The minimum Gasteiger partial charge on any atom is -0.465 e. The molecule has 0 unspecified atom stereocenters. The predicted octanol–water partition coefficient (Wildman–Crippen LogP) is 4.37. The summed E-state index contributed by atoms with van der Waals surface area (Å²) in [4.78, 5) is 26.3. The molecule has 0 spiro atoms. The first-order valence-electron chi connectivity index (χ1n) is 10.6. The van der Waals surface area contributed by atoms with Crippen LogP contribution in [0.2, 0.25) is 0 Å². The van der Waals surface area contributed by atoms with Crippen molar-refractivity contribution < 1.29 is 14.3 Å². The number of likely N-dealkylation sites (tertiary alicyclic amines) is 1. The van der Waals surface area contributed by atoms with Gasteiger partial charge >= 0.3 is 5.97 Å². The second kappa shape index (κ2) is 10.4. The van der Waals surface area contributed by atoms with Crippen molar-refractivity contribution in [2.75, 3.05) is 26.2 Å². The standard InChI is InChI=1S/C25H31NO3/c1-2-3-18-29-24(28)19-23(27)20-26-16-14-25(15-17-26,21-10-6-4-7-11-21)22-12-8-5-9-13-22/h4-13H,2-3,14-20H2,1H3. The number of rotatable bonds is 9. The number of Topliss-reactive ketones (excluding diaryl/α,β-unsaturated/α-hetero) is 1. The smallest absolute Gasteiger partial charge is 0.313 e. The molecule has 29 heavy (non-hydrogen) atoms. The van der Waals surface area contributed by atoms with Gasteiger partial charge in [-0.3, -0.25) is 14.5 Å². The number of piperidine rings is 1. The molecule has 1 aliphatic rings. The van der Waals surface area contributed by atoms with Gasteiger partial charge in [0.05, 0.1) is 13.2 Å². The molecule has 2 aromatic rings. The van der Waals surface area contributed by atoms with E-state index in [2.05, 4.69) is 65.6 Å². The summed E-state index contributed by atoms with van der Waals surface area (Å²) in [6, 6.07) is 21.3. The molecule has 0 bridgehead atoms. The van der Waals surface area contributed by atoms with Gasteiger partial charge < -0.3 is 4.74 Å². The highest BCUT2D eigenvalue weighted by Gasteiger charge is 2.38. The highest BCUT2D eigenvalue weighted by Crippen LogP contribution is 2.41. The van der Waals surface area contributed by atoms with Crippen LogP contribution in [0.5, 0.6) is 0 Å². The third kappa shape index (κ3) is 5.54. The molecule has 0 N–H and O–H groups in total. The monoisotopic (exact) mass is 393 g/mol. The third-order valence-corrected chi connectivity index (χ3v) is 5.86. The molecule has 1 fully saturated rings. The Kier molecular flexibility index (Phi) is 7.59. The van der Waals surface area contributed by atoms with E-state index in [0.29, 0.717) is 13.2 Å². The Morgan fingerprint density at radius 3 is 2.00 bits per heavy atom. The predicted molar refractivity (Wildman–Crippen MR) is 115 cm³/mol. The first kappa shape index (κ1) is 21.3. The molecule has 4 nitrogen and oxygen atoms in total. The molecule has 1 aliphatic heterocycles. The minimum absolute atomic E-state index is 0.0266. The van der Waals surface area contributed by atoms with Gasteiger partial charge in [-0.1, -0.05) is 74.0 Å². The molecule has 1 saturated heterocycles. The lowest BCUT2D eigenvalue weighted by molar-refractivity contribution is -0.146. The summed E-state index contributed by atoms with van der Waals surface area (Å²) in [5.41, 5.74) is 2.63. The molecule has 3 rings (SSSR count). The lowest BCUT2D eigenvalue weighted by Crippen LogP contribution is -2.45. The van der Waals surface area contributed by atoms with E-state index in [4.69, 9.17) is 4.74 Å². The van der Waals surface area contributed by atoms with E-state index in [0.717, 1.165) is 38.8 Å². The van der Waals surface area contributed by atoms with Crippen LogP contribution in [0.3, 0.4) is 0 Å². The van der Waals surface area contributed by atoms with Gasteiger partial charge in [-0.05, 0) is 43.5 Å². The molecule has 0 atom stereocenters. The molecule has 0 amide bonds. The number of hydrogen-bond donors (Lipinski definition) is 0. The van der Waals surface area contributed by atoms with Crippen LogP contribution in [0, 0.1) is 0 Å². The molecule has 4 heteroatoms. The summed E-state index contributed by atoms with van der Waals surface area (Å²) in [5, 5.41) is 0. The van der Waals surface area contributed by atoms with Crippen LogP contribution < -0.4 is 0 Å². The highest BCUT2D eigenvalue weighted by atomic mass is 16.5. The average Bonchev–Trinajstić information content (AvgIpc) is 2.76. The van der Waals surface area contributed by atoms with Crippen molar-refractivity contribution in [2.24, 2.45) is 0 Å². The number of carbonyl (C=O) groups excluding carboxylic acids is 2. The lowest BCUT2D eigenvalue weighted by atomic mass is 9.68. The lowest BCUT2D eigenvalue weighted by Gasteiger charge is -2.42. The first-order valence-corrected chi connectivity index (χ1v) is 10.6. The molecule has 0 radical (unpaired) electrons. The molecule has 0 saturated carbocycles. The number of carbonyl (C=O) groups is 2. The van der Waals surface area contributed by atoms with Gasteiger partial charge in [0.2, 0.25) is 0 Å². The van der Waals surface area contributed by atoms with Crippen LogP contribution in [-0.2, 0) is 19.7 Å². The van der Waals surface area contributed by atoms with Crippen molar-refractivity contribution in [1.29, 1.82) is 0 Å². The van der Waals surface area contributed by atoms with E-state index in [1.165, 1.54) is 11.1 Å². The molecule has 154 valence electrons. The summed E-state index contributed by atoms with van der Waals surface area (Å²) in [7, 11) is 0. The van der Waals surface area contributed by atoms with Gasteiger partial charge in [-0.25, -0.2) is 0 Å². The van der Waals surface area contributed by atoms with E-state index in [9.17, 15) is 9.59 Å². The largest absolute Gasteiger partial charge is 0.465 e. The Morgan fingerprint density at radius 1 is 0.931 bits per heavy atom. The van der Waals surface area contributed by atoms with Crippen molar-refractivity contribution in [3.63, 3.8) is 0 Å². The zero-order valence-corrected chi connectivity index (χ0v) is 17.3. The van der Waals surface area contributed by atoms with E-state index in [1.54, 1.807) is 0 Å². The van der Waals surface area contributed by atoms with Crippen LogP contribution in [0.25, 0.3) is 0 Å². The van der Waals surface area contributed by atoms with Crippen molar-refractivity contribution in [3.05, 3.63) is 71.8 Å². The second-order valence-electron chi connectivity index (χ2n) is 7.88. The maximum atomic E-state index is 12.3. The van der Waals surface area contributed by atoms with Crippen LogP contribution in [-0.4, -0.2) is 42.9 Å². The summed E-state index contributed by atoms with van der Waals surface area (Å²) in [6.07, 6.45) is 3.60. The maximum absolute atomic E-state index is 12.3. The maximum Gasteiger partial charge on any atom is 0.313 e. The fourth-order valence-corrected chi connectivity index (χ4v) is 4.20. The zero-order valence-electron chi connectivity index (χ0n) is 17.3. The fraction of sp³-hybridized carbons (Fsp3) is 0.440. The highest BCUT2D eigenvalue weighted by molar-refractivity contribution is 5.96. The number of ether oxygens (including phenoxy) is 1. The van der Waals surface area contributed by atoms with Gasteiger partial charge in [-0.2, -0.15) is 0 Å². The van der Waals surface area contributed by atoms with Gasteiger partial charge in [0.15, 0.2) is 5.78 Å². The fourth-order valence-electron chi connectivity index (χ4n) is 4.20. The summed E-state index contributed by atoms with van der Waals surface area (Å²) in [6.45, 7) is 4.44. The molecular formula is C25H31NO3. The molecule has 0 aliphatic carbocycles. The number of benzene rings is 2. The molecule has 1 heterocycles. The Morgan fingerprint density at radius 2 is 1.48 bits per heavy atom. The number of esters is 1. The van der Waals surface area contributed by atoms with Gasteiger partial charge in [-0.15, -0.1) is 0 Å². The van der Waals surface area contributed by atoms with Gasteiger partial charge in [0.25, 0.3) is 0 Å². The van der Waals surface area contributed by atoms with Crippen molar-refractivity contribution in [1.82, 2.24) is 4.90 Å². The normalized spacial score (nSPS) is 16.3. The van der Waals surface area contributed by atoms with Gasteiger partial charge in [0, 0.05) is 5.41 Å². The number of unbranched alkanes of at least 4 members (excludes halogenated alkanes) is 1. The van der Waals surface area contributed by atoms with Gasteiger partial charge in [0.1, 0.15) is 6.42 Å². The summed E-state index contributed by atoms with van der Waals surface area (Å²) >= 11 is 0. The number of nitrogens with zero attached hydrogens (tertiary/aromatic N) is 1. The van der Waals surface area contributed by atoms with E-state index in [-0.39, 0.29) is 17.6 Å². The van der Waals surface area contributed by atoms with Crippen molar-refractivity contribution in [3.8, 4) is 0 Å². The second-order valence-corrected chi connectivity index (χ2v) is 7.88. The third-order valence-electron chi connectivity index (χ3n) is 5.86. The van der Waals surface area contributed by atoms with Crippen molar-refractivity contribution in [2.45, 2.75) is 44.4 Å². The van der Waals surface area contributed by atoms with Crippen LogP contribution in [0.15, 0.2) is 60.7 Å². The SMILES string of the molecule is CCCCOC(=O)CC(=O)CN1CCC(c2ccccc2)(c2ccccc2)CC1. The minimum atomic E-state index is -0.400. The Labute approximate surface area is 173 Å². The van der Waals surface area contributed by atoms with Crippen LogP contribution >= 0.6 is 0 Å². The topological polar surface area (TPSA) is 46.6 Å². The quantitative estimate of drug-likeness (QED) is 0.361. The first-order chi connectivity index (χ1) is 14.1. The van der Waals surface area contributed by atoms with Crippen LogP contribution in [0.1, 0.15) is 50.2 Å². The molecule has 2 aromatic carbocycles. The molecule has 0 aromatic heterocycles. The molecular weight excluding hydrogens is 362 g/mol. The average molecular weight is 394 g/mol. The summed E-state index contributed by atoms with van der Waals surface area (Å²) < 4.78 is 5.11. The Balaban J connectivity index is 1.61. The summed E-state index contributed by atoms with van der Waals surface area (Å²) in [5.74, 6) is -0.457. The van der Waals surface area contributed by atoms with E-state index >= 15 is 0 Å². The van der Waals surface area contributed by atoms with Crippen molar-refractivity contribution >= 4 is 11.8 Å². The number of ketones is 1. The zero-order chi connectivity index (χ0) is 20.5. The Hall–Kier alpha value is -2.46. The van der Waals surface area contributed by atoms with Crippen LogP contribution in [0.4, 0.5) is 0 Å². The van der Waals surface area contributed by atoms with E-state index in [1.807, 2.05) is 6.92 Å². The van der Waals surface area contributed by atoms with E-state index < -0.39 is 5.97 Å². The Bertz CT molecular complexity index is 739.